The minimum atomic E-state index is -0.235. The summed E-state index contributed by atoms with van der Waals surface area (Å²) in [6.07, 6.45) is 3.46. The van der Waals surface area contributed by atoms with E-state index in [0.29, 0.717) is 11.5 Å². The van der Waals surface area contributed by atoms with Crippen molar-refractivity contribution in [2.75, 3.05) is 32.2 Å². The summed E-state index contributed by atoms with van der Waals surface area (Å²) in [7, 11) is 3.27. The number of rotatable bonds is 5. The second kappa shape index (κ2) is 7.92. The SMILES string of the molecule is COc1cc(OC)c(O)c(Pc2ccc(F)cc2N2CCCCC2)c1. The Bertz CT molecular complexity index is 748. The highest BCUT2D eigenvalue weighted by atomic mass is 31.1. The molecule has 0 saturated carbocycles. The molecule has 0 aromatic heterocycles. The normalized spacial score (nSPS) is 14.9. The van der Waals surface area contributed by atoms with Gasteiger partial charge in [-0.25, -0.2) is 4.39 Å². The van der Waals surface area contributed by atoms with Crippen molar-refractivity contribution in [1.82, 2.24) is 0 Å². The Morgan fingerprint density at radius 1 is 1.00 bits per heavy atom. The van der Waals surface area contributed by atoms with Gasteiger partial charge in [0.25, 0.3) is 0 Å². The van der Waals surface area contributed by atoms with E-state index in [4.69, 9.17) is 9.47 Å². The van der Waals surface area contributed by atoms with Crippen LogP contribution in [-0.4, -0.2) is 32.4 Å². The first-order chi connectivity index (χ1) is 12.1. The first-order valence-corrected chi connectivity index (χ1v) is 9.39. The maximum absolute atomic E-state index is 13.8. The van der Waals surface area contributed by atoms with E-state index >= 15 is 0 Å². The van der Waals surface area contributed by atoms with Gasteiger partial charge in [-0.1, -0.05) is 8.58 Å². The van der Waals surface area contributed by atoms with Crippen LogP contribution in [0.15, 0.2) is 30.3 Å². The maximum atomic E-state index is 13.8. The fourth-order valence-corrected chi connectivity index (χ4v) is 4.37. The van der Waals surface area contributed by atoms with E-state index in [9.17, 15) is 9.50 Å². The van der Waals surface area contributed by atoms with Crippen LogP contribution in [0.3, 0.4) is 0 Å². The van der Waals surface area contributed by atoms with E-state index in [1.807, 2.05) is 6.07 Å². The standard InChI is InChI=1S/C19H23FNO3P/c1-23-14-11-16(24-2)19(22)18(12-14)25-17-7-6-13(20)10-15(17)21-8-4-3-5-9-21/h6-7,10-12,22,25H,3-5,8-9H2,1-2H3. The van der Waals surface area contributed by atoms with Crippen LogP contribution in [0.2, 0.25) is 0 Å². The fraction of sp³-hybridized carbons (Fsp3) is 0.368. The van der Waals surface area contributed by atoms with Crippen LogP contribution in [-0.2, 0) is 0 Å². The molecule has 0 bridgehead atoms. The summed E-state index contributed by atoms with van der Waals surface area (Å²) in [4.78, 5) is 2.24. The number of hydrogen-bond donors (Lipinski definition) is 1. The van der Waals surface area contributed by atoms with Gasteiger partial charge in [0.15, 0.2) is 11.5 Å². The number of methoxy groups -OCH3 is 2. The maximum Gasteiger partial charge on any atom is 0.165 e. The number of ether oxygens (including phenoxy) is 2. The minimum absolute atomic E-state index is 0.107. The molecule has 0 radical (unpaired) electrons. The molecule has 1 N–H and O–H groups in total. The summed E-state index contributed by atoms with van der Waals surface area (Å²) in [5.41, 5.74) is 0.916. The lowest BCUT2D eigenvalue weighted by molar-refractivity contribution is 0.366. The fourth-order valence-electron chi connectivity index (χ4n) is 3.10. The third kappa shape index (κ3) is 3.98. The predicted octanol–water partition coefficient (Wildman–Crippen LogP) is 3.17. The van der Waals surface area contributed by atoms with Gasteiger partial charge in [0.2, 0.25) is 0 Å². The molecule has 1 heterocycles. The van der Waals surface area contributed by atoms with Crippen molar-refractivity contribution in [3.63, 3.8) is 0 Å². The lowest BCUT2D eigenvalue weighted by Gasteiger charge is -2.30. The van der Waals surface area contributed by atoms with Gasteiger partial charge < -0.3 is 19.5 Å². The van der Waals surface area contributed by atoms with Crippen molar-refractivity contribution in [3.8, 4) is 17.2 Å². The van der Waals surface area contributed by atoms with Crippen molar-refractivity contribution in [2.24, 2.45) is 0 Å². The first kappa shape index (κ1) is 17.8. The number of hydrogen-bond acceptors (Lipinski definition) is 4. The number of piperidine rings is 1. The summed E-state index contributed by atoms with van der Waals surface area (Å²) < 4.78 is 24.4. The Hall–Kier alpha value is -2.00. The van der Waals surface area contributed by atoms with Crippen molar-refractivity contribution in [2.45, 2.75) is 19.3 Å². The molecular formula is C19H23FNO3P. The number of phenolic OH excluding ortho intramolecular Hbond substituents is 1. The Labute approximate surface area is 149 Å². The Morgan fingerprint density at radius 2 is 1.76 bits per heavy atom. The molecular weight excluding hydrogens is 340 g/mol. The molecule has 1 atom stereocenters. The second-order valence-corrected chi connectivity index (χ2v) is 7.39. The monoisotopic (exact) mass is 363 g/mol. The molecule has 134 valence electrons. The quantitative estimate of drug-likeness (QED) is 0.829. The van der Waals surface area contributed by atoms with E-state index in [1.54, 1.807) is 25.3 Å². The van der Waals surface area contributed by atoms with E-state index in [2.05, 4.69) is 4.90 Å². The zero-order chi connectivity index (χ0) is 17.8. The lowest BCUT2D eigenvalue weighted by atomic mass is 10.1. The van der Waals surface area contributed by atoms with Crippen LogP contribution in [0.5, 0.6) is 17.2 Å². The average molecular weight is 363 g/mol. The molecule has 1 aliphatic heterocycles. The highest BCUT2D eigenvalue weighted by Crippen LogP contribution is 2.34. The van der Waals surface area contributed by atoms with Crippen molar-refractivity contribution < 1.29 is 19.0 Å². The summed E-state index contributed by atoms with van der Waals surface area (Å²) in [6.45, 7) is 1.88. The highest BCUT2D eigenvalue weighted by molar-refractivity contribution is 7.56. The molecule has 3 rings (SSSR count). The minimum Gasteiger partial charge on any atom is -0.504 e. The summed E-state index contributed by atoms with van der Waals surface area (Å²) >= 11 is 0. The third-order valence-electron chi connectivity index (χ3n) is 4.43. The van der Waals surface area contributed by atoms with E-state index in [1.165, 1.54) is 19.6 Å². The summed E-state index contributed by atoms with van der Waals surface area (Å²) in [5, 5.41) is 12.2. The molecule has 25 heavy (non-hydrogen) atoms. The van der Waals surface area contributed by atoms with Gasteiger partial charge in [-0.05, 0) is 43.5 Å². The molecule has 2 aromatic carbocycles. The molecule has 0 spiro atoms. The molecule has 1 saturated heterocycles. The van der Waals surface area contributed by atoms with Crippen LogP contribution in [0, 0.1) is 5.82 Å². The van der Waals surface area contributed by atoms with E-state index in [0.717, 1.165) is 42.2 Å². The molecule has 1 fully saturated rings. The lowest BCUT2D eigenvalue weighted by Crippen LogP contribution is -2.32. The van der Waals surface area contributed by atoms with Crippen molar-refractivity contribution >= 4 is 24.9 Å². The van der Waals surface area contributed by atoms with Gasteiger partial charge in [0, 0.05) is 35.5 Å². The van der Waals surface area contributed by atoms with Crippen LogP contribution in [0.1, 0.15) is 19.3 Å². The van der Waals surface area contributed by atoms with Crippen LogP contribution in [0.25, 0.3) is 0 Å². The van der Waals surface area contributed by atoms with E-state index in [-0.39, 0.29) is 20.1 Å². The third-order valence-corrected chi connectivity index (χ3v) is 5.77. The summed E-state index contributed by atoms with van der Waals surface area (Å²) in [6, 6.07) is 8.34. The molecule has 1 unspecified atom stereocenters. The van der Waals surface area contributed by atoms with Gasteiger partial charge in [-0.2, -0.15) is 0 Å². The Kier molecular flexibility index (Phi) is 5.64. The molecule has 4 nitrogen and oxygen atoms in total. The number of aromatic hydroxyl groups is 1. The highest BCUT2D eigenvalue weighted by Gasteiger charge is 2.18. The molecule has 6 heteroatoms. The average Bonchev–Trinajstić information content (AvgIpc) is 2.65. The van der Waals surface area contributed by atoms with Crippen molar-refractivity contribution in [1.29, 1.82) is 0 Å². The first-order valence-electron chi connectivity index (χ1n) is 8.39. The van der Waals surface area contributed by atoms with Crippen LogP contribution < -0.4 is 25.0 Å². The van der Waals surface area contributed by atoms with E-state index < -0.39 is 0 Å². The molecule has 2 aromatic rings. The van der Waals surface area contributed by atoms with Gasteiger partial charge in [-0.15, -0.1) is 0 Å². The van der Waals surface area contributed by atoms with Gasteiger partial charge in [-0.3, -0.25) is 0 Å². The topological polar surface area (TPSA) is 41.9 Å². The zero-order valence-corrected chi connectivity index (χ0v) is 15.5. The molecule has 1 aliphatic rings. The van der Waals surface area contributed by atoms with Crippen LogP contribution in [0.4, 0.5) is 10.1 Å². The predicted molar refractivity (Wildman–Crippen MR) is 101 cm³/mol. The number of anilines is 1. The molecule has 0 amide bonds. The Balaban J connectivity index is 1.98. The number of benzene rings is 2. The number of halogens is 1. The van der Waals surface area contributed by atoms with Gasteiger partial charge in [0.05, 0.1) is 14.2 Å². The summed E-state index contributed by atoms with van der Waals surface area (Å²) in [5.74, 6) is 0.874. The molecule has 0 aliphatic carbocycles. The largest absolute Gasteiger partial charge is 0.504 e. The van der Waals surface area contributed by atoms with Crippen molar-refractivity contribution in [3.05, 3.63) is 36.1 Å². The number of phenols is 1. The Morgan fingerprint density at radius 3 is 2.44 bits per heavy atom. The zero-order valence-electron chi connectivity index (χ0n) is 14.5. The van der Waals surface area contributed by atoms with Gasteiger partial charge >= 0.3 is 0 Å². The second-order valence-electron chi connectivity index (χ2n) is 6.06. The number of nitrogens with zero attached hydrogens (tertiary/aromatic N) is 1. The van der Waals surface area contributed by atoms with Gasteiger partial charge in [0.1, 0.15) is 11.6 Å². The van der Waals surface area contributed by atoms with Crippen LogP contribution >= 0.6 is 8.58 Å². The smallest absolute Gasteiger partial charge is 0.165 e.